The van der Waals surface area contributed by atoms with Crippen LogP contribution >= 0.6 is 0 Å². The van der Waals surface area contributed by atoms with E-state index < -0.39 is 41.1 Å². The van der Waals surface area contributed by atoms with E-state index in [1.54, 1.807) is 38.1 Å². The van der Waals surface area contributed by atoms with Gasteiger partial charge in [-0.05, 0) is 11.0 Å². The molecule has 3 atom stereocenters. The van der Waals surface area contributed by atoms with Crippen LogP contribution in [0.3, 0.4) is 0 Å². The summed E-state index contributed by atoms with van der Waals surface area (Å²) in [6.07, 6.45) is 0.160. The predicted molar refractivity (Wildman–Crippen MR) is 78.1 cm³/mol. The van der Waals surface area contributed by atoms with Gasteiger partial charge in [0.25, 0.3) is 0 Å². The van der Waals surface area contributed by atoms with Gasteiger partial charge in [0, 0.05) is 6.42 Å². The smallest absolute Gasteiger partial charge is 0.326 e. The lowest BCUT2D eigenvalue weighted by molar-refractivity contribution is -0.142. The van der Waals surface area contributed by atoms with Crippen molar-refractivity contribution in [3.63, 3.8) is 0 Å². The highest BCUT2D eigenvalue weighted by Gasteiger charge is 2.66. The summed E-state index contributed by atoms with van der Waals surface area (Å²) in [6.45, 7) is 3.39. The third-order valence-corrected chi connectivity index (χ3v) is 4.27. The highest BCUT2D eigenvalue weighted by Crippen LogP contribution is 2.58. The Hall–Kier alpha value is -2.37. The molecule has 118 valence electrons. The highest BCUT2D eigenvalue weighted by atomic mass is 16.4. The minimum absolute atomic E-state index is 0.160. The van der Waals surface area contributed by atoms with Crippen LogP contribution < -0.4 is 5.32 Å². The molecule has 0 saturated heterocycles. The van der Waals surface area contributed by atoms with Crippen LogP contribution in [0.15, 0.2) is 30.3 Å². The molecule has 6 nitrogen and oxygen atoms in total. The molecule has 0 bridgehead atoms. The fraction of sp³-hybridized carbons (Fsp3) is 0.438. The van der Waals surface area contributed by atoms with Crippen molar-refractivity contribution in [1.29, 1.82) is 0 Å². The molecule has 1 fully saturated rings. The third kappa shape index (κ3) is 3.10. The number of hydrogen-bond donors (Lipinski definition) is 3. The number of aliphatic carboxylic acids is 2. The summed E-state index contributed by atoms with van der Waals surface area (Å²) in [5, 5.41) is 20.8. The van der Waals surface area contributed by atoms with Crippen LogP contribution in [0.1, 0.15) is 19.4 Å². The van der Waals surface area contributed by atoms with Gasteiger partial charge in [-0.1, -0.05) is 44.2 Å². The third-order valence-electron chi connectivity index (χ3n) is 4.27. The quantitative estimate of drug-likeness (QED) is 0.731. The van der Waals surface area contributed by atoms with E-state index in [9.17, 15) is 19.5 Å². The van der Waals surface area contributed by atoms with Gasteiger partial charge in [0.15, 0.2) is 0 Å². The average molecular weight is 305 g/mol. The summed E-state index contributed by atoms with van der Waals surface area (Å²) in [6, 6.07) is 7.90. The van der Waals surface area contributed by atoms with Crippen molar-refractivity contribution in [2.45, 2.75) is 26.3 Å². The number of hydrogen-bond acceptors (Lipinski definition) is 3. The number of amides is 1. The molecule has 1 aliphatic rings. The van der Waals surface area contributed by atoms with E-state index in [2.05, 4.69) is 5.32 Å². The molecule has 6 heteroatoms. The second kappa shape index (κ2) is 5.79. The molecule has 2 rings (SSSR count). The van der Waals surface area contributed by atoms with Gasteiger partial charge < -0.3 is 15.5 Å². The van der Waals surface area contributed by atoms with Gasteiger partial charge in [-0.2, -0.15) is 0 Å². The fourth-order valence-corrected chi connectivity index (χ4v) is 2.90. The summed E-state index contributed by atoms with van der Waals surface area (Å²) in [7, 11) is 0. The first kappa shape index (κ1) is 16.0. The Labute approximate surface area is 128 Å². The van der Waals surface area contributed by atoms with Gasteiger partial charge in [0.2, 0.25) is 5.91 Å². The molecule has 0 aromatic heterocycles. The van der Waals surface area contributed by atoms with E-state index in [0.717, 1.165) is 5.56 Å². The van der Waals surface area contributed by atoms with Crippen molar-refractivity contribution in [2.75, 3.05) is 0 Å². The lowest BCUT2D eigenvalue weighted by Gasteiger charge is -2.15. The summed E-state index contributed by atoms with van der Waals surface area (Å²) in [5.41, 5.74) is 0.145. The van der Waals surface area contributed by atoms with Crippen molar-refractivity contribution in [3.8, 4) is 0 Å². The molecule has 3 N–H and O–H groups in total. The van der Waals surface area contributed by atoms with E-state index in [1.807, 2.05) is 6.07 Å². The Bertz CT molecular complexity index is 596. The molecule has 0 aliphatic heterocycles. The van der Waals surface area contributed by atoms with Crippen molar-refractivity contribution < 1.29 is 24.6 Å². The topological polar surface area (TPSA) is 104 Å². The maximum absolute atomic E-state index is 12.2. The van der Waals surface area contributed by atoms with Crippen LogP contribution in [0, 0.1) is 17.3 Å². The van der Waals surface area contributed by atoms with E-state index in [4.69, 9.17) is 5.11 Å². The molecule has 1 aromatic carbocycles. The normalized spacial score (nSPS) is 23.4. The zero-order chi connectivity index (χ0) is 16.5. The maximum Gasteiger partial charge on any atom is 0.326 e. The molecular formula is C16H19NO5. The molecule has 1 amide bonds. The average Bonchev–Trinajstić information content (AvgIpc) is 3.02. The van der Waals surface area contributed by atoms with Crippen LogP contribution in [0.25, 0.3) is 0 Å². The Morgan fingerprint density at radius 2 is 1.73 bits per heavy atom. The van der Waals surface area contributed by atoms with Crippen LogP contribution in [0.5, 0.6) is 0 Å². The fourth-order valence-electron chi connectivity index (χ4n) is 2.90. The molecule has 0 heterocycles. The van der Waals surface area contributed by atoms with Gasteiger partial charge in [0.1, 0.15) is 6.04 Å². The van der Waals surface area contributed by atoms with Crippen molar-refractivity contribution in [1.82, 2.24) is 5.32 Å². The molecule has 1 aromatic rings. The molecular weight excluding hydrogens is 286 g/mol. The minimum Gasteiger partial charge on any atom is -0.481 e. The van der Waals surface area contributed by atoms with Gasteiger partial charge in [-0.3, -0.25) is 9.59 Å². The zero-order valence-electron chi connectivity index (χ0n) is 12.4. The number of carbonyl (C=O) groups excluding carboxylic acids is 1. The van der Waals surface area contributed by atoms with Crippen LogP contribution in [-0.4, -0.2) is 34.1 Å². The van der Waals surface area contributed by atoms with Crippen molar-refractivity contribution in [3.05, 3.63) is 35.9 Å². The predicted octanol–water partition coefficient (Wildman–Crippen LogP) is 1.16. The SMILES string of the molecule is CC1(C)[C@H](C(=O)O)[C@@H]1C(=O)N[C@H](Cc1ccccc1)C(=O)O. The Kier molecular flexibility index (Phi) is 4.21. The number of nitrogens with one attached hydrogen (secondary N) is 1. The van der Waals surface area contributed by atoms with E-state index in [0.29, 0.717) is 0 Å². The van der Waals surface area contributed by atoms with E-state index in [1.165, 1.54) is 0 Å². The van der Waals surface area contributed by atoms with Gasteiger partial charge in [0.05, 0.1) is 11.8 Å². The minimum atomic E-state index is -1.14. The maximum atomic E-state index is 12.2. The lowest BCUT2D eigenvalue weighted by Crippen LogP contribution is -2.43. The van der Waals surface area contributed by atoms with Crippen LogP contribution in [0.2, 0.25) is 0 Å². The second-order valence-electron chi connectivity index (χ2n) is 6.20. The zero-order valence-corrected chi connectivity index (χ0v) is 12.4. The number of carboxylic acids is 2. The largest absolute Gasteiger partial charge is 0.481 e. The molecule has 1 saturated carbocycles. The summed E-state index contributed by atoms with van der Waals surface area (Å²) >= 11 is 0. The van der Waals surface area contributed by atoms with Crippen LogP contribution in [0.4, 0.5) is 0 Å². The Balaban J connectivity index is 2.05. The monoisotopic (exact) mass is 305 g/mol. The summed E-state index contributed by atoms with van der Waals surface area (Å²) < 4.78 is 0. The van der Waals surface area contributed by atoms with Gasteiger partial charge >= 0.3 is 11.9 Å². The van der Waals surface area contributed by atoms with Gasteiger partial charge in [-0.25, -0.2) is 4.79 Å². The van der Waals surface area contributed by atoms with Gasteiger partial charge in [-0.15, -0.1) is 0 Å². The standard InChI is InChI=1S/C16H19NO5/c1-16(2)11(12(16)15(21)22)13(18)17-10(14(19)20)8-9-6-4-3-5-7-9/h3-7,10-12H,8H2,1-2H3,(H,17,18)(H,19,20)(H,21,22)/t10-,11-,12+/m1/s1. The lowest BCUT2D eigenvalue weighted by atomic mass is 10.0. The Morgan fingerprint density at radius 3 is 2.18 bits per heavy atom. The first-order valence-electron chi connectivity index (χ1n) is 7.05. The number of rotatable bonds is 6. The summed E-state index contributed by atoms with van der Waals surface area (Å²) in [5.74, 6) is -4.13. The van der Waals surface area contributed by atoms with Crippen molar-refractivity contribution >= 4 is 17.8 Å². The van der Waals surface area contributed by atoms with E-state index in [-0.39, 0.29) is 6.42 Å². The molecule has 22 heavy (non-hydrogen) atoms. The first-order valence-corrected chi connectivity index (χ1v) is 7.05. The molecule has 0 spiro atoms. The molecule has 0 unspecified atom stereocenters. The number of carboxylic acid groups (broad SMARTS) is 2. The van der Waals surface area contributed by atoms with E-state index >= 15 is 0 Å². The molecule has 0 radical (unpaired) electrons. The Morgan fingerprint density at radius 1 is 1.14 bits per heavy atom. The van der Waals surface area contributed by atoms with Crippen LogP contribution in [-0.2, 0) is 20.8 Å². The summed E-state index contributed by atoms with van der Waals surface area (Å²) in [4.78, 5) is 34.6. The molecule has 1 aliphatic carbocycles. The highest BCUT2D eigenvalue weighted by molar-refractivity contribution is 5.93. The second-order valence-corrected chi connectivity index (χ2v) is 6.20. The number of carbonyl (C=O) groups is 3. The number of benzene rings is 1. The first-order chi connectivity index (χ1) is 10.2. The van der Waals surface area contributed by atoms with Crippen molar-refractivity contribution in [2.24, 2.45) is 17.3 Å².